The van der Waals surface area contributed by atoms with E-state index in [2.05, 4.69) is 37.4 Å². The second-order valence-electron chi connectivity index (χ2n) is 5.42. The SMILES string of the molecule is COc1nc(C)nc(N2C(N)=NNC23CCN(C)CC3)n1. The molecule has 1 spiro atoms. The fourth-order valence-electron chi connectivity index (χ4n) is 2.73. The number of likely N-dealkylation sites (tertiary alicyclic amines) is 1. The number of aromatic nitrogens is 3. The van der Waals surface area contributed by atoms with Crippen molar-refractivity contribution in [1.82, 2.24) is 25.3 Å². The minimum Gasteiger partial charge on any atom is -0.467 e. The van der Waals surface area contributed by atoms with E-state index in [1.165, 1.54) is 7.11 Å². The smallest absolute Gasteiger partial charge is 0.321 e. The molecule has 0 aliphatic carbocycles. The zero-order valence-corrected chi connectivity index (χ0v) is 12.5. The second kappa shape index (κ2) is 4.99. The molecule has 0 unspecified atom stereocenters. The molecular weight excluding hydrogens is 272 g/mol. The average Bonchev–Trinajstić information content (AvgIpc) is 2.78. The van der Waals surface area contributed by atoms with E-state index in [4.69, 9.17) is 10.5 Å². The number of nitrogens with two attached hydrogens (primary N) is 1. The average molecular weight is 292 g/mol. The lowest BCUT2D eigenvalue weighted by atomic mass is 9.96. The first-order valence-corrected chi connectivity index (χ1v) is 6.90. The Morgan fingerprint density at radius 1 is 1.24 bits per heavy atom. The zero-order valence-electron chi connectivity index (χ0n) is 12.5. The van der Waals surface area contributed by atoms with Crippen LogP contribution in [-0.2, 0) is 0 Å². The van der Waals surface area contributed by atoms with Crippen molar-refractivity contribution in [3.63, 3.8) is 0 Å². The molecule has 0 bridgehead atoms. The molecule has 114 valence electrons. The van der Waals surface area contributed by atoms with E-state index in [1.54, 1.807) is 6.92 Å². The number of nitrogens with zero attached hydrogens (tertiary/aromatic N) is 6. The van der Waals surface area contributed by atoms with E-state index < -0.39 is 0 Å². The summed E-state index contributed by atoms with van der Waals surface area (Å²) >= 11 is 0. The first kappa shape index (κ1) is 13.8. The van der Waals surface area contributed by atoms with Crippen LogP contribution in [0.3, 0.4) is 0 Å². The van der Waals surface area contributed by atoms with E-state index in [0.717, 1.165) is 25.9 Å². The molecule has 0 amide bonds. The van der Waals surface area contributed by atoms with Gasteiger partial charge in [-0.2, -0.15) is 15.0 Å². The summed E-state index contributed by atoms with van der Waals surface area (Å²) in [5.74, 6) is 1.42. The monoisotopic (exact) mass is 292 g/mol. The summed E-state index contributed by atoms with van der Waals surface area (Å²) in [6.07, 6.45) is 1.75. The van der Waals surface area contributed by atoms with Crippen LogP contribution in [0.1, 0.15) is 18.7 Å². The topological polar surface area (TPSA) is 105 Å². The van der Waals surface area contributed by atoms with Crippen LogP contribution in [0.4, 0.5) is 5.95 Å². The molecule has 3 rings (SSSR count). The summed E-state index contributed by atoms with van der Waals surface area (Å²) in [7, 11) is 3.63. The predicted octanol–water partition coefficient (Wildman–Crippen LogP) is -0.750. The Bertz CT molecular complexity index is 566. The third-order valence-electron chi connectivity index (χ3n) is 3.95. The van der Waals surface area contributed by atoms with Crippen LogP contribution in [-0.4, -0.2) is 58.7 Å². The van der Waals surface area contributed by atoms with Crippen molar-refractivity contribution in [1.29, 1.82) is 0 Å². The van der Waals surface area contributed by atoms with Crippen LogP contribution in [0, 0.1) is 6.92 Å². The van der Waals surface area contributed by atoms with Crippen LogP contribution < -0.4 is 20.8 Å². The first-order valence-electron chi connectivity index (χ1n) is 6.90. The molecular formula is C12H20N8O. The number of ether oxygens (including phenoxy) is 1. The van der Waals surface area contributed by atoms with Gasteiger partial charge in [-0.25, -0.2) is 0 Å². The van der Waals surface area contributed by atoms with Gasteiger partial charge in [0.25, 0.3) is 0 Å². The summed E-state index contributed by atoms with van der Waals surface area (Å²) < 4.78 is 5.13. The Labute approximate surface area is 123 Å². The van der Waals surface area contributed by atoms with Crippen molar-refractivity contribution in [2.24, 2.45) is 10.8 Å². The fraction of sp³-hybridized carbons (Fsp3) is 0.667. The predicted molar refractivity (Wildman–Crippen MR) is 77.8 cm³/mol. The van der Waals surface area contributed by atoms with Gasteiger partial charge in [0.1, 0.15) is 11.5 Å². The van der Waals surface area contributed by atoms with Gasteiger partial charge in [-0.1, -0.05) is 0 Å². The van der Waals surface area contributed by atoms with Crippen LogP contribution >= 0.6 is 0 Å². The number of aryl methyl sites for hydroxylation is 1. The molecule has 0 radical (unpaired) electrons. The molecule has 1 aromatic heterocycles. The lowest BCUT2D eigenvalue weighted by Crippen LogP contribution is -2.61. The highest BCUT2D eigenvalue weighted by Gasteiger charge is 2.46. The normalized spacial score (nSPS) is 21.3. The minimum absolute atomic E-state index is 0.278. The third kappa shape index (κ3) is 2.33. The van der Waals surface area contributed by atoms with Crippen molar-refractivity contribution >= 4 is 11.9 Å². The van der Waals surface area contributed by atoms with Crippen molar-refractivity contribution < 1.29 is 4.74 Å². The van der Waals surface area contributed by atoms with Crippen LogP contribution in [0.2, 0.25) is 0 Å². The molecule has 2 aliphatic heterocycles. The van der Waals surface area contributed by atoms with Gasteiger partial charge >= 0.3 is 6.01 Å². The minimum atomic E-state index is -0.366. The molecule has 1 aromatic rings. The Morgan fingerprint density at radius 3 is 2.62 bits per heavy atom. The number of methoxy groups -OCH3 is 1. The Morgan fingerprint density at radius 2 is 1.95 bits per heavy atom. The molecule has 3 heterocycles. The molecule has 0 aromatic carbocycles. The van der Waals surface area contributed by atoms with E-state index in [0.29, 0.717) is 17.7 Å². The number of nitrogens with one attached hydrogen (secondary N) is 1. The summed E-state index contributed by atoms with van der Waals surface area (Å²) in [6, 6.07) is 0.278. The van der Waals surface area contributed by atoms with Crippen LogP contribution in [0.5, 0.6) is 6.01 Å². The van der Waals surface area contributed by atoms with Gasteiger partial charge < -0.3 is 15.4 Å². The van der Waals surface area contributed by atoms with Crippen molar-refractivity contribution in [3.05, 3.63) is 5.82 Å². The quantitative estimate of drug-likeness (QED) is 0.733. The van der Waals surface area contributed by atoms with Crippen molar-refractivity contribution in [3.8, 4) is 6.01 Å². The fourth-order valence-corrected chi connectivity index (χ4v) is 2.73. The number of hydrogen-bond acceptors (Lipinski definition) is 9. The Hall–Kier alpha value is -2.16. The highest BCUT2D eigenvalue weighted by atomic mass is 16.5. The van der Waals surface area contributed by atoms with Gasteiger partial charge in [-0.15, -0.1) is 5.10 Å². The molecule has 0 saturated carbocycles. The summed E-state index contributed by atoms with van der Waals surface area (Å²) in [6.45, 7) is 3.70. The summed E-state index contributed by atoms with van der Waals surface area (Å²) in [4.78, 5) is 17.0. The highest BCUT2D eigenvalue weighted by Crippen LogP contribution is 2.32. The number of guanidine groups is 1. The van der Waals surface area contributed by atoms with E-state index in [-0.39, 0.29) is 11.7 Å². The maximum absolute atomic E-state index is 6.05. The second-order valence-corrected chi connectivity index (χ2v) is 5.42. The Kier molecular flexibility index (Phi) is 3.28. The lowest BCUT2D eigenvalue weighted by molar-refractivity contribution is 0.171. The van der Waals surface area contributed by atoms with E-state index in [1.807, 2.05) is 4.90 Å². The number of anilines is 1. The standard InChI is InChI=1S/C12H20N8O/c1-8-14-10(16-11(15-8)21-3)20-9(13)17-18-12(20)4-6-19(2)7-5-12/h18H,4-7H2,1-3H3,(H2,13,17). The maximum atomic E-state index is 6.05. The van der Waals surface area contributed by atoms with E-state index in [9.17, 15) is 0 Å². The Balaban J connectivity index is 1.98. The lowest BCUT2D eigenvalue weighted by Gasteiger charge is -2.42. The molecule has 9 nitrogen and oxygen atoms in total. The summed E-state index contributed by atoms with van der Waals surface area (Å²) in [5, 5.41) is 4.19. The number of rotatable bonds is 2. The third-order valence-corrected chi connectivity index (χ3v) is 3.95. The molecule has 3 N–H and O–H groups in total. The number of hydrazone groups is 1. The van der Waals surface area contributed by atoms with Crippen LogP contribution in [0.25, 0.3) is 0 Å². The van der Waals surface area contributed by atoms with Crippen LogP contribution in [0.15, 0.2) is 5.10 Å². The highest BCUT2D eigenvalue weighted by molar-refractivity contribution is 5.96. The molecule has 1 saturated heterocycles. The molecule has 1 fully saturated rings. The molecule has 9 heteroatoms. The summed E-state index contributed by atoms with van der Waals surface area (Å²) in [5.41, 5.74) is 8.85. The van der Waals surface area contributed by atoms with Gasteiger partial charge in [0.15, 0.2) is 0 Å². The molecule has 2 aliphatic rings. The maximum Gasteiger partial charge on any atom is 0.321 e. The van der Waals surface area contributed by atoms with Gasteiger partial charge in [-0.05, 0) is 14.0 Å². The molecule has 21 heavy (non-hydrogen) atoms. The van der Waals surface area contributed by atoms with Crippen molar-refractivity contribution in [2.45, 2.75) is 25.4 Å². The zero-order chi connectivity index (χ0) is 15.0. The van der Waals surface area contributed by atoms with Gasteiger partial charge in [0, 0.05) is 25.9 Å². The van der Waals surface area contributed by atoms with Gasteiger partial charge in [0.05, 0.1) is 7.11 Å². The molecule has 0 atom stereocenters. The van der Waals surface area contributed by atoms with Gasteiger partial charge in [0.2, 0.25) is 11.9 Å². The number of hydrogen-bond donors (Lipinski definition) is 2. The number of piperidine rings is 1. The first-order chi connectivity index (χ1) is 10.0. The largest absolute Gasteiger partial charge is 0.467 e. The van der Waals surface area contributed by atoms with E-state index >= 15 is 0 Å². The van der Waals surface area contributed by atoms with Gasteiger partial charge in [-0.3, -0.25) is 10.3 Å². The van der Waals surface area contributed by atoms with Crippen molar-refractivity contribution in [2.75, 3.05) is 32.1 Å².